The van der Waals surface area contributed by atoms with Gasteiger partial charge in [0.25, 0.3) is 5.91 Å². The molecule has 0 fully saturated rings. The average molecular weight is 353 g/mol. The van der Waals surface area contributed by atoms with Crippen molar-refractivity contribution in [2.75, 3.05) is 6.61 Å². The van der Waals surface area contributed by atoms with E-state index in [1.807, 2.05) is 31.2 Å². The highest BCUT2D eigenvalue weighted by molar-refractivity contribution is 5.88. The van der Waals surface area contributed by atoms with Gasteiger partial charge in [0.15, 0.2) is 6.61 Å². The Balaban J connectivity index is 1.43. The first-order valence-corrected chi connectivity index (χ1v) is 8.15. The summed E-state index contributed by atoms with van der Waals surface area (Å²) in [5, 5.41) is 6.76. The highest BCUT2D eigenvalue weighted by atomic mass is 16.5. The van der Waals surface area contributed by atoms with Crippen LogP contribution in [0.4, 0.5) is 0 Å². The van der Waals surface area contributed by atoms with Crippen molar-refractivity contribution >= 4 is 11.9 Å². The van der Waals surface area contributed by atoms with Gasteiger partial charge in [-0.25, -0.2) is 4.79 Å². The molecule has 0 bridgehead atoms. The summed E-state index contributed by atoms with van der Waals surface area (Å²) < 4.78 is 12.1. The highest BCUT2D eigenvalue weighted by Crippen LogP contribution is 2.10. The summed E-state index contributed by atoms with van der Waals surface area (Å²) in [6.45, 7) is 2.43. The van der Waals surface area contributed by atoms with Crippen LogP contribution in [-0.2, 0) is 22.6 Å². The van der Waals surface area contributed by atoms with Crippen molar-refractivity contribution in [2.45, 2.75) is 20.0 Å². The van der Waals surface area contributed by atoms with Gasteiger partial charge in [0.05, 0.1) is 6.54 Å². The van der Waals surface area contributed by atoms with Crippen LogP contribution in [0.25, 0.3) is 0 Å². The molecule has 0 aliphatic rings. The van der Waals surface area contributed by atoms with E-state index in [9.17, 15) is 9.59 Å². The standard InChI is InChI=1S/C19H19N3O4/c1-14-3-5-15(6-4-14)11-20-18(23)13-25-19(24)17-8-7-16(26-17)12-22-10-2-9-21-22/h2-10H,11-13H2,1H3,(H,20,23). The molecule has 2 aromatic heterocycles. The number of nitrogens with zero attached hydrogens (tertiary/aromatic N) is 2. The summed E-state index contributed by atoms with van der Waals surface area (Å²) in [6, 6.07) is 12.8. The Morgan fingerprint density at radius 1 is 1.19 bits per heavy atom. The van der Waals surface area contributed by atoms with E-state index in [0.717, 1.165) is 11.1 Å². The van der Waals surface area contributed by atoms with Crippen LogP contribution < -0.4 is 5.32 Å². The topological polar surface area (TPSA) is 86.4 Å². The summed E-state index contributed by atoms with van der Waals surface area (Å²) in [5.41, 5.74) is 2.13. The monoisotopic (exact) mass is 353 g/mol. The Morgan fingerprint density at radius 3 is 2.73 bits per heavy atom. The van der Waals surface area contributed by atoms with E-state index >= 15 is 0 Å². The fourth-order valence-electron chi connectivity index (χ4n) is 2.29. The molecule has 0 saturated heterocycles. The molecule has 0 aliphatic heterocycles. The van der Waals surface area contributed by atoms with E-state index < -0.39 is 5.97 Å². The minimum Gasteiger partial charge on any atom is -0.452 e. The second kappa shape index (κ2) is 8.15. The maximum Gasteiger partial charge on any atom is 0.374 e. The quantitative estimate of drug-likeness (QED) is 0.659. The molecule has 134 valence electrons. The van der Waals surface area contributed by atoms with Crippen molar-refractivity contribution in [3.8, 4) is 0 Å². The number of carbonyl (C=O) groups excluding carboxylic acids is 2. The van der Waals surface area contributed by atoms with E-state index in [0.29, 0.717) is 18.8 Å². The normalized spacial score (nSPS) is 10.5. The fraction of sp³-hybridized carbons (Fsp3) is 0.211. The number of carbonyl (C=O) groups is 2. The predicted octanol–water partition coefficient (Wildman–Crippen LogP) is 2.31. The number of hydrogen-bond acceptors (Lipinski definition) is 5. The van der Waals surface area contributed by atoms with Crippen LogP contribution in [0.5, 0.6) is 0 Å². The van der Waals surface area contributed by atoms with Crippen molar-refractivity contribution in [3.05, 3.63) is 77.5 Å². The third-order valence-corrected chi connectivity index (χ3v) is 3.68. The smallest absolute Gasteiger partial charge is 0.374 e. The average Bonchev–Trinajstić information content (AvgIpc) is 3.32. The third kappa shape index (κ3) is 4.83. The van der Waals surface area contributed by atoms with Crippen LogP contribution in [0.2, 0.25) is 0 Å². The van der Waals surface area contributed by atoms with Gasteiger partial charge in [-0.3, -0.25) is 9.48 Å². The van der Waals surface area contributed by atoms with Crippen molar-refractivity contribution in [2.24, 2.45) is 0 Å². The molecule has 0 saturated carbocycles. The lowest BCUT2D eigenvalue weighted by Gasteiger charge is -2.06. The Labute approximate surface area is 150 Å². The van der Waals surface area contributed by atoms with Crippen LogP contribution in [0.1, 0.15) is 27.4 Å². The van der Waals surface area contributed by atoms with Gasteiger partial charge in [-0.05, 0) is 30.7 Å². The molecule has 0 unspecified atom stereocenters. The number of esters is 1. The van der Waals surface area contributed by atoms with Crippen LogP contribution >= 0.6 is 0 Å². The van der Waals surface area contributed by atoms with Gasteiger partial charge in [0.1, 0.15) is 5.76 Å². The van der Waals surface area contributed by atoms with Crippen molar-refractivity contribution < 1.29 is 18.7 Å². The zero-order chi connectivity index (χ0) is 18.4. The minimum atomic E-state index is -0.679. The molecule has 3 rings (SSSR count). The number of nitrogens with one attached hydrogen (secondary N) is 1. The first-order valence-electron chi connectivity index (χ1n) is 8.15. The number of amides is 1. The first-order chi connectivity index (χ1) is 12.6. The molecule has 1 aromatic carbocycles. The molecule has 3 aromatic rings. The van der Waals surface area contributed by atoms with Gasteiger partial charge in [0, 0.05) is 18.9 Å². The van der Waals surface area contributed by atoms with Gasteiger partial charge in [-0.1, -0.05) is 29.8 Å². The minimum absolute atomic E-state index is 0.0542. The Bertz CT molecular complexity index is 867. The number of furan rings is 1. The number of aromatic nitrogens is 2. The first kappa shape index (κ1) is 17.5. The van der Waals surface area contributed by atoms with E-state index in [1.54, 1.807) is 29.2 Å². The maximum atomic E-state index is 12.0. The van der Waals surface area contributed by atoms with Gasteiger partial charge >= 0.3 is 5.97 Å². The molecule has 7 heteroatoms. The van der Waals surface area contributed by atoms with E-state index in [1.165, 1.54) is 6.07 Å². The van der Waals surface area contributed by atoms with Gasteiger partial charge in [-0.2, -0.15) is 5.10 Å². The molecule has 1 amide bonds. The van der Waals surface area contributed by atoms with Crippen molar-refractivity contribution in [1.29, 1.82) is 0 Å². The molecular formula is C19H19N3O4. The Morgan fingerprint density at radius 2 is 2.00 bits per heavy atom. The summed E-state index contributed by atoms with van der Waals surface area (Å²) in [6.07, 6.45) is 3.45. The van der Waals surface area contributed by atoms with Gasteiger partial charge < -0.3 is 14.5 Å². The number of hydrogen-bond donors (Lipinski definition) is 1. The second-order valence-electron chi connectivity index (χ2n) is 5.81. The second-order valence-corrected chi connectivity index (χ2v) is 5.81. The molecule has 0 aliphatic carbocycles. The van der Waals surface area contributed by atoms with E-state index in [2.05, 4.69) is 10.4 Å². The van der Waals surface area contributed by atoms with E-state index in [4.69, 9.17) is 9.15 Å². The highest BCUT2D eigenvalue weighted by Gasteiger charge is 2.15. The maximum absolute atomic E-state index is 12.0. The number of benzene rings is 1. The largest absolute Gasteiger partial charge is 0.452 e. The predicted molar refractivity (Wildman–Crippen MR) is 93.3 cm³/mol. The SMILES string of the molecule is Cc1ccc(CNC(=O)COC(=O)c2ccc(Cn3cccn3)o2)cc1. The number of aryl methyl sites for hydroxylation is 1. The molecule has 1 N–H and O–H groups in total. The lowest BCUT2D eigenvalue weighted by atomic mass is 10.1. The number of ether oxygens (including phenoxy) is 1. The molecule has 7 nitrogen and oxygen atoms in total. The van der Waals surface area contributed by atoms with Gasteiger partial charge in [-0.15, -0.1) is 0 Å². The molecule has 2 heterocycles. The summed E-state index contributed by atoms with van der Waals surface area (Å²) in [7, 11) is 0. The summed E-state index contributed by atoms with van der Waals surface area (Å²) >= 11 is 0. The summed E-state index contributed by atoms with van der Waals surface area (Å²) in [4.78, 5) is 23.8. The third-order valence-electron chi connectivity index (χ3n) is 3.68. The van der Waals surface area contributed by atoms with Crippen LogP contribution in [-0.4, -0.2) is 28.3 Å². The van der Waals surface area contributed by atoms with Crippen molar-refractivity contribution in [1.82, 2.24) is 15.1 Å². The van der Waals surface area contributed by atoms with Crippen molar-refractivity contribution in [3.63, 3.8) is 0 Å². The van der Waals surface area contributed by atoms with Crippen LogP contribution in [0.15, 0.2) is 59.3 Å². The lowest BCUT2D eigenvalue weighted by Crippen LogP contribution is -2.28. The molecular weight excluding hydrogens is 334 g/mol. The zero-order valence-electron chi connectivity index (χ0n) is 14.3. The number of rotatable bonds is 7. The van der Waals surface area contributed by atoms with Crippen LogP contribution in [0.3, 0.4) is 0 Å². The Hall–Kier alpha value is -3.35. The lowest BCUT2D eigenvalue weighted by molar-refractivity contribution is -0.124. The molecule has 0 radical (unpaired) electrons. The van der Waals surface area contributed by atoms with Crippen LogP contribution in [0, 0.1) is 6.92 Å². The zero-order valence-corrected chi connectivity index (χ0v) is 14.3. The van der Waals surface area contributed by atoms with Gasteiger partial charge in [0.2, 0.25) is 5.76 Å². The van der Waals surface area contributed by atoms with E-state index in [-0.39, 0.29) is 18.3 Å². The Kier molecular flexibility index (Phi) is 5.48. The summed E-state index contributed by atoms with van der Waals surface area (Å²) in [5.74, 6) is -0.424. The molecule has 0 spiro atoms. The molecule has 0 atom stereocenters. The fourth-order valence-corrected chi connectivity index (χ4v) is 2.29. The molecule has 26 heavy (non-hydrogen) atoms.